The van der Waals surface area contributed by atoms with E-state index < -0.39 is 6.04 Å². The van der Waals surface area contributed by atoms with E-state index in [1.54, 1.807) is 4.90 Å². The molecule has 0 radical (unpaired) electrons. The maximum Gasteiger partial charge on any atom is 0.255 e. The first kappa shape index (κ1) is 21.6. The summed E-state index contributed by atoms with van der Waals surface area (Å²) in [5.74, 6) is -0.514. The van der Waals surface area contributed by atoms with E-state index in [2.05, 4.69) is 70.9 Å². The van der Waals surface area contributed by atoms with Gasteiger partial charge < -0.3 is 9.80 Å². The molecule has 3 heterocycles. The van der Waals surface area contributed by atoms with Gasteiger partial charge in [-0.25, -0.2) is 0 Å². The van der Waals surface area contributed by atoms with E-state index in [-0.39, 0.29) is 30.1 Å². The van der Waals surface area contributed by atoms with Gasteiger partial charge in [-0.05, 0) is 47.2 Å². The van der Waals surface area contributed by atoms with Crippen molar-refractivity contribution in [1.82, 2.24) is 10.2 Å². The number of nitrogens with zero attached hydrogens (tertiary/aromatic N) is 2. The highest BCUT2D eigenvalue weighted by molar-refractivity contribution is 6.05. The molecular weight excluding hydrogens is 438 g/mol. The number of imide groups is 1. The highest BCUT2D eigenvalue weighted by Crippen LogP contribution is 2.41. The summed E-state index contributed by atoms with van der Waals surface area (Å²) in [4.78, 5) is 41.1. The number of fused-ring (bicyclic) bond motifs is 2. The number of benzene rings is 3. The maximum atomic E-state index is 13.1. The van der Waals surface area contributed by atoms with Crippen LogP contribution in [0.3, 0.4) is 0 Å². The minimum Gasteiger partial charge on any atom is -0.367 e. The SMILES string of the molecule is O=C1CCC(N2Cc3cc(C4CCN(Cc5ccccc5)c5ccccc54)ccc3C2=O)C(=O)N1. The minimum atomic E-state index is -0.585. The van der Waals surface area contributed by atoms with Crippen molar-refractivity contribution < 1.29 is 14.4 Å². The number of para-hydroxylation sites is 1. The number of carbonyl (C=O) groups is 3. The Hall–Kier alpha value is -3.93. The molecule has 0 aliphatic carbocycles. The summed E-state index contributed by atoms with van der Waals surface area (Å²) in [6.07, 6.45) is 1.64. The monoisotopic (exact) mass is 465 g/mol. The van der Waals surface area contributed by atoms with Gasteiger partial charge in [-0.3, -0.25) is 19.7 Å². The smallest absolute Gasteiger partial charge is 0.255 e. The number of anilines is 1. The van der Waals surface area contributed by atoms with Crippen LogP contribution in [-0.4, -0.2) is 35.2 Å². The normalized spacial score (nSPS) is 21.5. The highest BCUT2D eigenvalue weighted by atomic mass is 16.2. The summed E-state index contributed by atoms with van der Waals surface area (Å²) in [5, 5.41) is 2.37. The van der Waals surface area contributed by atoms with Crippen molar-refractivity contribution in [3.05, 3.63) is 101 Å². The topological polar surface area (TPSA) is 69.7 Å². The number of carbonyl (C=O) groups excluding carboxylic acids is 3. The largest absolute Gasteiger partial charge is 0.367 e. The molecule has 3 aromatic carbocycles. The Morgan fingerprint density at radius 3 is 2.51 bits per heavy atom. The quantitative estimate of drug-likeness (QED) is 0.592. The van der Waals surface area contributed by atoms with Gasteiger partial charge in [-0.15, -0.1) is 0 Å². The number of hydrogen-bond acceptors (Lipinski definition) is 4. The van der Waals surface area contributed by atoms with Crippen LogP contribution in [-0.2, 0) is 22.7 Å². The van der Waals surface area contributed by atoms with Gasteiger partial charge in [0.05, 0.1) is 0 Å². The van der Waals surface area contributed by atoms with Crippen LogP contribution in [0.4, 0.5) is 5.69 Å². The average molecular weight is 466 g/mol. The van der Waals surface area contributed by atoms with Crippen molar-refractivity contribution in [2.75, 3.05) is 11.4 Å². The van der Waals surface area contributed by atoms with Crippen molar-refractivity contribution in [3.8, 4) is 0 Å². The van der Waals surface area contributed by atoms with E-state index in [1.807, 2.05) is 12.1 Å². The summed E-state index contributed by atoms with van der Waals surface area (Å²) < 4.78 is 0. The number of hydrogen-bond donors (Lipinski definition) is 1. The van der Waals surface area contributed by atoms with Crippen molar-refractivity contribution in [2.45, 2.75) is 44.3 Å². The van der Waals surface area contributed by atoms with E-state index in [0.717, 1.165) is 25.1 Å². The fraction of sp³-hybridized carbons (Fsp3) is 0.276. The number of piperidine rings is 1. The molecule has 1 fully saturated rings. The maximum absolute atomic E-state index is 13.1. The highest BCUT2D eigenvalue weighted by Gasteiger charge is 2.39. The lowest BCUT2D eigenvalue weighted by atomic mass is 9.83. The predicted molar refractivity (Wildman–Crippen MR) is 133 cm³/mol. The second kappa shape index (κ2) is 8.69. The molecule has 6 nitrogen and oxygen atoms in total. The van der Waals surface area contributed by atoms with Gasteiger partial charge in [0.25, 0.3) is 5.91 Å². The van der Waals surface area contributed by atoms with Crippen LogP contribution in [0.15, 0.2) is 72.8 Å². The van der Waals surface area contributed by atoms with Crippen LogP contribution < -0.4 is 10.2 Å². The Bertz CT molecular complexity index is 1320. The van der Waals surface area contributed by atoms with Gasteiger partial charge in [0.2, 0.25) is 11.8 Å². The third kappa shape index (κ3) is 3.89. The van der Waals surface area contributed by atoms with Gasteiger partial charge in [0, 0.05) is 43.2 Å². The Morgan fingerprint density at radius 2 is 1.69 bits per heavy atom. The first-order valence-electron chi connectivity index (χ1n) is 12.2. The van der Waals surface area contributed by atoms with Crippen LogP contribution in [0.2, 0.25) is 0 Å². The molecule has 176 valence electrons. The second-order valence-electron chi connectivity index (χ2n) is 9.62. The summed E-state index contributed by atoms with van der Waals surface area (Å²) >= 11 is 0. The zero-order valence-electron chi connectivity index (χ0n) is 19.4. The summed E-state index contributed by atoms with van der Waals surface area (Å²) in [7, 11) is 0. The Morgan fingerprint density at radius 1 is 0.886 bits per heavy atom. The van der Waals surface area contributed by atoms with Crippen molar-refractivity contribution in [1.29, 1.82) is 0 Å². The molecule has 3 aromatic rings. The Balaban J connectivity index is 1.26. The number of amides is 3. The molecule has 2 atom stereocenters. The zero-order valence-corrected chi connectivity index (χ0v) is 19.4. The molecule has 6 heteroatoms. The van der Waals surface area contributed by atoms with Crippen LogP contribution in [0.5, 0.6) is 0 Å². The molecule has 0 aromatic heterocycles. The van der Waals surface area contributed by atoms with Crippen LogP contribution in [0.1, 0.15) is 57.8 Å². The van der Waals surface area contributed by atoms with Crippen LogP contribution in [0, 0.1) is 0 Å². The van der Waals surface area contributed by atoms with Crippen LogP contribution >= 0.6 is 0 Å². The Labute approximate surface area is 204 Å². The van der Waals surface area contributed by atoms with Gasteiger partial charge in [0.1, 0.15) is 6.04 Å². The fourth-order valence-electron chi connectivity index (χ4n) is 5.76. The van der Waals surface area contributed by atoms with Crippen molar-refractivity contribution in [2.24, 2.45) is 0 Å². The Kier molecular flexibility index (Phi) is 5.36. The minimum absolute atomic E-state index is 0.126. The van der Waals surface area contributed by atoms with Crippen molar-refractivity contribution in [3.63, 3.8) is 0 Å². The molecule has 3 aliphatic heterocycles. The third-order valence-electron chi connectivity index (χ3n) is 7.51. The lowest BCUT2D eigenvalue weighted by Gasteiger charge is -2.36. The average Bonchev–Trinajstić information content (AvgIpc) is 3.20. The second-order valence-corrected chi connectivity index (χ2v) is 9.62. The molecule has 0 saturated carbocycles. The van der Waals surface area contributed by atoms with Gasteiger partial charge in [-0.2, -0.15) is 0 Å². The molecular formula is C29H27N3O3. The number of nitrogens with one attached hydrogen (secondary N) is 1. The van der Waals surface area contributed by atoms with Crippen LogP contribution in [0.25, 0.3) is 0 Å². The summed E-state index contributed by atoms with van der Waals surface area (Å²) in [5.41, 5.74) is 6.68. The molecule has 0 spiro atoms. The molecule has 35 heavy (non-hydrogen) atoms. The molecule has 6 rings (SSSR count). The molecule has 1 N–H and O–H groups in total. The lowest BCUT2D eigenvalue weighted by Crippen LogP contribution is -2.52. The molecule has 2 unspecified atom stereocenters. The van der Waals surface area contributed by atoms with Gasteiger partial charge >= 0.3 is 0 Å². The molecule has 1 saturated heterocycles. The first-order chi connectivity index (χ1) is 17.1. The standard InChI is InChI=1S/C29H27N3O3/c33-27-13-12-26(28(34)30-27)32-18-21-16-20(10-11-23(21)29(32)35)22-14-15-31(17-19-6-2-1-3-7-19)25-9-5-4-8-24(22)25/h1-11,16,22,26H,12-15,17-18H2,(H,30,33,34). The zero-order chi connectivity index (χ0) is 23.9. The van der Waals surface area contributed by atoms with E-state index in [0.29, 0.717) is 18.5 Å². The van der Waals surface area contributed by atoms with E-state index in [4.69, 9.17) is 0 Å². The number of rotatable bonds is 4. The molecule has 0 bridgehead atoms. The molecule has 3 aliphatic rings. The summed E-state index contributed by atoms with van der Waals surface area (Å²) in [6.45, 7) is 2.24. The summed E-state index contributed by atoms with van der Waals surface area (Å²) in [6, 6.07) is 24.7. The van der Waals surface area contributed by atoms with E-state index >= 15 is 0 Å². The van der Waals surface area contributed by atoms with Gasteiger partial charge in [0.15, 0.2) is 0 Å². The van der Waals surface area contributed by atoms with E-state index in [1.165, 1.54) is 22.4 Å². The lowest BCUT2D eigenvalue weighted by molar-refractivity contribution is -0.136. The first-order valence-corrected chi connectivity index (χ1v) is 12.2. The van der Waals surface area contributed by atoms with E-state index in [9.17, 15) is 14.4 Å². The third-order valence-corrected chi connectivity index (χ3v) is 7.51. The van der Waals surface area contributed by atoms with Gasteiger partial charge in [-0.1, -0.05) is 60.7 Å². The molecule has 3 amide bonds. The fourth-order valence-corrected chi connectivity index (χ4v) is 5.76. The predicted octanol–water partition coefficient (Wildman–Crippen LogP) is 3.99. The van der Waals surface area contributed by atoms with Crippen molar-refractivity contribution >= 4 is 23.4 Å².